The van der Waals surface area contributed by atoms with Gasteiger partial charge in [0, 0.05) is 44.6 Å². The molecule has 6 N–H and O–H groups in total. The van der Waals surface area contributed by atoms with Crippen LogP contribution in [0.25, 0.3) is 0 Å². The van der Waals surface area contributed by atoms with E-state index in [4.69, 9.17) is 15.9 Å². The van der Waals surface area contributed by atoms with Crippen molar-refractivity contribution in [1.82, 2.24) is 10.6 Å². The van der Waals surface area contributed by atoms with Crippen LogP contribution in [-0.4, -0.2) is 53.9 Å². The maximum Gasteiger partial charge on any atom is 0.303 e. The van der Waals surface area contributed by atoms with Gasteiger partial charge in [-0.25, -0.2) is 0 Å². The van der Waals surface area contributed by atoms with E-state index in [-0.39, 0.29) is 18.9 Å². The average molecular weight is 319 g/mol. The van der Waals surface area contributed by atoms with Gasteiger partial charge < -0.3 is 26.6 Å². The number of nitrogens with two attached hydrogens (primary N) is 1. The van der Waals surface area contributed by atoms with Crippen molar-refractivity contribution in [2.75, 3.05) is 19.6 Å². The maximum atomic E-state index is 9.37. The summed E-state index contributed by atoms with van der Waals surface area (Å²) in [4.78, 5) is 18.7. The largest absolute Gasteiger partial charge is 0.481 e. The third-order valence-electron chi connectivity index (χ3n) is 2.13. The van der Waals surface area contributed by atoms with E-state index < -0.39 is 11.9 Å². The van der Waals surface area contributed by atoms with Crippen LogP contribution in [0, 0.1) is 0 Å². The minimum atomic E-state index is -0.745. The highest BCUT2D eigenvalue weighted by Crippen LogP contribution is 1.79. The lowest BCUT2D eigenvalue weighted by atomic mass is 10.3. The van der Waals surface area contributed by atoms with Crippen molar-refractivity contribution in [2.24, 2.45) is 5.73 Å². The third-order valence-corrected chi connectivity index (χ3v) is 2.13. The van der Waals surface area contributed by atoms with Gasteiger partial charge in [0.05, 0.1) is 0 Å². The molecule has 0 saturated carbocycles. The van der Waals surface area contributed by atoms with Gasteiger partial charge in [-0.1, -0.05) is 19.9 Å². The van der Waals surface area contributed by atoms with Crippen LogP contribution in [-0.2, 0) is 9.59 Å². The second-order valence-corrected chi connectivity index (χ2v) is 4.73. The highest BCUT2D eigenvalue weighted by atomic mass is 16.4. The summed E-state index contributed by atoms with van der Waals surface area (Å²) >= 11 is 0. The van der Waals surface area contributed by atoms with Gasteiger partial charge in [0.1, 0.15) is 0 Å². The number of carbonyl (C=O) groups is 2. The molecule has 0 aromatic heterocycles. The summed E-state index contributed by atoms with van der Waals surface area (Å²) in [5.74, 6) is -1.49. The molecule has 0 bridgehead atoms. The van der Waals surface area contributed by atoms with E-state index in [2.05, 4.69) is 24.1 Å². The smallest absolute Gasteiger partial charge is 0.303 e. The molecule has 0 aliphatic heterocycles. The van der Waals surface area contributed by atoms with Crippen molar-refractivity contribution < 1.29 is 19.8 Å². The first-order valence-electron chi connectivity index (χ1n) is 7.45. The first-order valence-corrected chi connectivity index (χ1v) is 7.45. The fourth-order valence-corrected chi connectivity index (χ4v) is 0.861. The van der Waals surface area contributed by atoms with Crippen LogP contribution in [0.15, 0.2) is 12.7 Å². The number of nitrogens with one attached hydrogen (secondary N) is 2. The van der Waals surface area contributed by atoms with E-state index in [1.54, 1.807) is 13.8 Å². The Morgan fingerprint density at radius 2 is 1.55 bits per heavy atom. The van der Waals surface area contributed by atoms with Crippen LogP contribution in [0.2, 0.25) is 0 Å². The molecule has 7 nitrogen and oxygen atoms in total. The summed E-state index contributed by atoms with van der Waals surface area (Å²) in [6, 6.07) is 0.697. The SMILES string of the molecule is C=CCNCC(C)NCC(C)N.CCC(=O)O.CCC(=O)O. The average Bonchev–Trinajstić information content (AvgIpc) is 2.46. The Bertz CT molecular complexity index is 270. The molecule has 0 radical (unpaired) electrons. The van der Waals surface area contributed by atoms with E-state index in [0.717, 1.165) is 19.6 Å². The maximum absolute atomic E-state index is 9.37. The zero-order chi connectivity index (χ0) is 18.0. The number of carboxylic acids is 2. The Kier molecular flexibility index (Phi) is 22.7. The fourth-order valence-electron chi connectivity index (χ4n) is 0.861. The van der Waals surface area contributed by atoms with Crippen LogP contribution in [0.1, 0.15) is 40.5 Å². The number of carboxylic acid groups (broad SMARTS) is 2. The lowest BCUT2D eigenvalue weighted by Gasteiger charge is -2.15. The molecule has 0 aromatic rings. The summed E-state index contributed by atoms with van der Waals surface area (Å²) in [6.07, 6.45) is 2.30. The number of hydrogen-bond donors (Lipinski definition) is 5. The summed E-state index contributed by atoms with van der Waals surface area (Å²) < 4.78 is 0. The molecule has 2 atom stereocenters. The number of aliphatic carboxylic acids is 2. The van der Waals surface area contributed by atoms with Gasteiger partial charge >= 0.3 is 11.9 Å². The standard InChI is InChI=1S/C9H21N3.2C3H6O2/c1-4-5-11-7-9(3)12-6-8(2)10;2*1-2-3(4)5/h4,8-9,11-12H,1,5-7,10H2,2-3H3;2*2H2,1H3,(H,4,5). The monoisotopic (exact) mass is 319 g/mol. The molecule has 0 rings (SSSR count). The Morgan fingerprint density at radius 3 is 1.82 bits per heavy atom. The quantitative estimate of drug-likeness (QED) is 0.318. The Morgan fingerprint density at radius 1 is 1.14 bits per heavy atom. The summed E-state index contributed by atoms with van der Waals surface area (Å²) in [5.41, 5.74) is 5.60. The molecule has 0 heterocycles. The Hall–Kier alpha value is -1.44. The van der Waals surface area contributed by atoms with Gasteiger partial charge in [0.15, 0.2) is 0 Å². The van der Waals surface area contributed by atoms with Crippen molar-refractivity contribution in [3.05, 3.63) is 12.7 Å². The van der Waals surface area contributed by atoms with Crippen LogP contribution in [0.5, 0.6) is 0 Å². The summed E-state index contributed by atoms with van der Waals surface area (Å²) in [7, 11) is 0. The first kappa shape index (κ1) is 25.5. The molecule has 0 aromatic carbocycles. The lowest BCUT2D eigenvalue weighted by molar-refractivity contribution is -0.137. The van der Waals surface area contributed by atoms with Crippen molar-refractivity contribution in [1.29, 1.82) is 0 Å². The molecule has 132 valence electrons. The highest BCUT2D eigenvalue weighted by molar-refractivity contribution is 5.66. The van der Waals surface area contributed by atoms with Gasteiger partial charge in [-0.3, -0.25) is 9.59 Å². The normalized spacial score (nSPS) is 11.9. The van der Waals surface area contributed by atoms with Crippen molar-refractivity contribution in [2.45, 2.75) is 52.6 Å². The lowest BCUT2D eigenvalue weighted by Crippen LogP contribution is -2.41. The molecule has 0 aliphatic carbocycles. The molecule has 0 fully saturated rings. The highest BCUT2D eigenvalue weighted by Gasteiger charge is 2.00. The summed E-state index contributed by atoms with van der Waals surface area (Å²) in [6.45, 7) is 13.7. The minimum Gasteiger partial charge on any atom is -0.481 e. The fraction of sp³-hybridized carbons (Fsp3) is 0.733. The molecule has 0 saturated heterocycles. The summed E-state index contributed by atoms with van der Waals surface area (Å²) in [5, 5.41) is 22.0. The van der Waals surface area contributed by atoms with Crippen LogP contribution >= 0.6 is 0 Å². The first-order chi connectivity index (χ1) is 10.2. The molecular weight excluding hydrogens is 286 g/mol. The molecule has 0 amide bonds. The second-order valence-electron chi connectivity index (χ2n) is 4.73. The van der Waals surface area contributed by atoms with E-state index in [1.165, 1.54) is 0 Å². The minimum absolute atomic E-state index is 0.222. The topological polar surface area (TPSA) is 125 Å². The van der Waals surface area contributed by atoms with E-state index >= 15 is 0 Å². The molecule has 22 heavy (non-hydrogen) atoms. The zero-order valence-electron chi connectivity index (χ0n) is 14.3. The molecule has 0 aliphatic rings. The number of hydrogen-bond acceptors (Lipinski definition) is 5. The third kappa shape index (κ3) is 36.3. The Labute approximate surface area is 134 Å². The van der Waals surface area contributed by atoms with Gasteiger partial charge in [-0.05, 0) is 13.8 Å². The van der Waals surface area contributed by atoms with E-state index in [1.807, 2.05) is 13.0 Å². The molecule has 7 heteroatoms. The van der Waals surface area contributed by atoms with Crippen molar-refractivity contribution in [3.8, 4) is 0 Å². The molecule has 0 spiro atoms. The predicted octanol–water partition coefficient (Wildman–Crippen LogP) is 1.05. The van der Waals surface area contributed by atoms with Gasteiger partial charge in [-0.15, -0.1) is 6.58 Å². The van der Waals surface area contributed by atoms with Crippen LogP contribution < -0.4 is 16.4 Å². The van der Waals surface area contributed by atoms with Crippen molar-refractivity contribution in [3.63, 3.8) is 0 Å². The molecule has 2 unspecified atom stereocenters. The van der Waals surface area contributed by atoms with Crippen molar-refractivity contribution >= 4 is 11.9 Å². The van der Waals surface area contributed by atoms with E-state index in [9.17, 15) is 9.59 Å². The van der Waals surface area contributed by atoms with Crippen LogP contribution in [0.4, 0.5) is 0 Å². The Balaban J connectivity index is -0.000000298. The van der Waals surface area contributed by atoms with Gasteiger partial charge in [0.25, 0.3) is 0 Å². The zero-order valence-corrected chi connectivity index (χ0v) is 14.3. The molecular formula is C15H33N3O4. The van der Waals surface area contributed by atoms with Gasteiger partial charge in [-0.2, -0.15) is 0 Å². The number of rotatable bonds is 9. The predicted molar refractivity (Wildman–Crippen MR) is 90.0 cm³/mol. The van der Waals surface area contributed by atoms with Crippen LogP contribution in [0.3, 0.4) is 0 Å². The van der Waals surface area contributed by atoms with Gasteiger partial charge in [0.2, 0.25) is 0 Å². The van der Waals surface area contributed by atoms with E-state index in [0.29, 0.717) is 6.04 Å². The second kappa shape index (κ2) is 19.6.